The normalized spacial score (nSPS) is 26.4. The minimum atomic E-state index is -0.434. The van der Waals surface area contributed by atoms with Crippen LogP contribution in [0.2, 0.25) is 0 Å². The predicted octanol–water partition coefficient (Wildman–Crippen LogP) is 2.03. The van der Waals surface area contributed by atoms with Crippen LogP contribution in [0.1, 0.15) is 58.7 Å². The molecule has 19 heavy (non-hydrogen) atoms. The molecule has 1 atom stereocenters. The highest BCUT2D eigenvalue weighted by atomic mass is 16.5. The van der Waals surface area contributed by atoms with Crippen molar-refractivity contribution in [2.24, 2.45) is 5.73 Å². The minimum absolute atomic E-state index is 0.123. The van der Waals surface area contributed by atoms with Gasteiger partial charge >= 0.3 is 0 Å². The van der Waals surface area contributed by atoms with Crippen LogP contribution in [0.3, 0.4) is 0 Å². The van der Waals surface area contributed by atoms with E-state index in [1.165, 1.54) is 0 Å². The van der Waals surface area contributed by atoms with E-state index >= 15 is 0 Å². The average Bonchev–Trinajstić information content (AvgIpc) is 2.76. The third-order valence-electron chi connectivity index (χ3n) is 3.93. The highest BCUT2D eigenvalue weighted by molar-refractivity contribution is 5.08. The molecule has 0 amide bonds. The number of likely N-dealkylation sites (tertiary alicyclic amines) is 1. The lowest BCUT2D eigenvalue weighted by atomic mass is 9.90. The molecule has 0 saturated carbocycles. The summed E-state index contributed by atoms with van der Waals surface area (Å²) in [5.74, 6) is 1.35. The van der Waals surface area contributed by atoms with Crippen molar-refractivity contribution in [3.8, 4) is 0 Å². The predicted molar refractivity (Wildman–Crippen MR) is 74.8 cm³/mol. The molecule has 1 fully saturated rings. The van der Waals surface area contributed by atoms with Gasteiger partial charge in [0, 0.05) is 12.0 Å². The summed E-state index contributed by atoms with van der Waals surface area (Å²) in [4.78, 5) is 6.98. The molecule has 1 unspecified atom stereocenters. The van der Waals surface area contributed by atoms with Crippen molar-refractivity contribution >= 4 is 0 Å². The summed E-state index contributed by atoms with van der Waals surface area (Å²) in [6, 6.07) is 0. The van der Waals surface area contributed by atoms with Gasteiger partial charge < -0.3 is 15.2 Å². The Bertz CT molecular complexity index is 423. The van der Waals surface area contributed by atoms with Crippen LogP contribution in [0.25, 0.3) is 0 Å². The Morgan fingerprint density at radius 1 is 1.32 bits per heavy atom. The summed E-state index contributed by atoms with van der Waals surface area (Å²) in [5.41, 5.74) is 5.99. The van der Waals surface area contributed by atoms with E-state index in [1.54, 1.807) is 0 Å². The highest BCUT2D eigenvalue weighted by Gasteiger charge is 2.36. The van der Waals surface area contributed by atoms with Gasteiger partial charge in [0.15, 0.2) is 5.82 Å². The molecule has 1 aliphatic heterocycles. The zero-order valence-corrected chi connectivity index (χ0v) is 12.6. The Hall–Kier alpha value is -0.940. The number of hydrogen-bond donors (Lipinski definition) is 1. The molecule has 1 aromatic heterocycles. The molecule has 5 heteroatoms. The summed E-state index contributed by atoms with van der Waals surface area (Å²) in [5, 5.41) is 4.14. The van der Waals surface area contributed by atoms with Crippen LogP contribution < -0.4 is 5.73 Å². The number of aromatic nitrogens is 2. The van der Waals surface area contributed by atoms with Crippen molar-refractivity contribution < 1.29 is 4.52 Å². The summed E-state index contributed by atoms with van der Waals surface area (Å²) >= 11 is 0. The first-order valence-corrected chi connectivity index (χ1v) is 7.21. The van der Waals surface area contributed by atoms with Gasteiger partial charge in [0.05, 0.1) is 5.54 Å². The van der Waals surface area contributed by atoms with Crippen LogP contribution in [-0.2, 0) is 11.0 Å². The quantitative estimate of drug-likeness (QED) is 0.887. The molecule has 1 saturated heterocycles. The number of hydrogen-bond acceptors (Lipinski definition) is 5. The Labute approximate surface area is 115 Å². The standard InChI is InChI=1S/C14H26N4O/c1-5-18-9-6-7-14(15,8-10-18)11-16-12(19-17-11)13(2,3)4/h5-10,15H2,1-4H3. The SMILES string of the molecule is CCN1CCCC(N)(c2noc(C(C)(C)C)n2)CC1. The molecule has 5 nitrogen and oxygen atoms in total. The molecule has 0 aromatic carbocycles. The van der Waals surface area contributed by atoms with Gasteiger partial charge in [-0.3, -0.25) is 0 Å². The maximum atomic E-state index is 6.54. The molecule has 1 aromatic rings. The van der Waals surface area contributed by atoms with E-state index in [-0.39, 0.29) is 5.41 Å². The third kappa shape index (κ3) is 3.15. The van der Waals surface area contributed by atoms with E-state index < -0.39 is 5.54 Å². The van der Waals surface area contributed by atoms with E-state index in [0.29, 0.717) is 11.7 Å². The van der Waals surface area contributed by atoms with Crippen molar-refractivity contribution in [3.05, 3.63) is 11.7 Å². The Morgan fingerprint density at radius 3 is 2.63 bits per heavy atom. The molecule has 2 N–H and O–H groups in total. The van der Waals surface area contributed by atoms with Gasteiger partial charge in [0.25, 0.3) is 0 Å². The summed E-state index contributed by atoms with van der Waals surface area (Å²) in [7, 11) is 0. The first kappa shape index (κ1) is 14.5. The Balaban J connectivity index is 2.17. The zero-order chi connectivity index (χ0) is 14.1. The molecular formula is C14H26N4O. The van der Waals surface area contributed by atoms with E-state index in [0.717, 1.165) is 38.9 Å². The monoisotopic (exact) mass is 266 g/mol. The molecule has 0 aliphatic carbocycles. The van der Waals surface area contributed by atoms with Gasteiger partial charge in [0.2, 0.25) is 5.89 Å². The summed E-state index contributed by atoms with van der Waals surface area (Å²) < 4.78 is 5.39. The van der Waals surface area contributed by atoms with Crippen molar-refractivity contribution in [2.45, 2.75) is 57.9 Å². The van der Waals surface area contributed by atoms with Crippen molar-refractivity contribution in [2.75, 3.05) is 19.6 Å². The van der Waals surface area contributed by atoms with Gasteiger partial charge in [-0.15, -0.1) is 0 Å². The molecule has 2 heterocycles. The second-order valence-corrected chi connectivity index (χ2v) is 6.62. The van der Waals surface area contributed by atoms with Crippen LogP contribution in [0.15, 0.2) is 4.52 Å². The first-order valence-electron chi connectivity index (χ1n) is 7.21. The molecular weight excluding hydrogens is 240 g/mol. The average molecular weight is 266 g/mol. The maximum absolute atomic E-state index is 6.54. The molecule has 1 aliphatic rings. The van der Waals surface area contributed by atoms with Crippen molar-refractivity contribution in [1.82, 2.24) is 15.0 Å². The minimum Gasteiger partial charge on any atom is -0.339 e. The summed E-state index contributed by atoms with van der Waals surface area (Å²) in [6.07, 6.45) is 2.90. The number of nitrogens with zero attached hydrogens (tertiary/aromatic N) is 3. The second-order valence-electron chi connectivity index (χ2n) is 6.62. The summed E-state index contributed by atoms with van der Waals surface area (Å²) in [6.45, 7) is 11.6. The van der Waals surface area contributed by atoms with Crippen LogP contribution in [0.5, 0.6) is 0 Å². The first-order chi connectivity index (χ1) is 8.85. The molecule has 0 spiro atoms. The van der Waals surface area contributed by atoms with E-state index in [9.17, 15) is 0 Å². The van der Waals surface area contributed by atoms with Crippen molar-refractivity contribution in [3.63, 3.8) is 0 Å². The van der Waals surface area contributed by atoms with Gasteiger partial charge in [-0.2, -0.15) is 4.98 Å². The lowest BCUT2D eigenvalue weighted by molar-refractivity contribution is 0.280. The molecule has 0 radical (unpaired) electrons. The third-order valence-corrected chi connectivity index (χ3v) is 3.93. The lowest BCUT2D eigenvalue weighted by Crippen LogP contribution is -2.39. The smallest absolute Gasteiger partial charge is 0.232 e. The molecule has 0 bridgehead atoms. The van der Waals surface area contributed by atoms with Crippen LogP contribution >= 0.6 is 0 Å². The topological polar surface area (TPSA) is 68.2 Å². The van der Waals surface area contributed by atoms with Crippen LogP contribution in [0, 0.1) is 0 Å². The highest BCUT2D eigenvalue weighted by Crippen LogP contribution is 2.30. The largest absolute Gasteiger partial charge is 0.339 e. The van der Waals surface area contributed by atoms with Crippen molar-refractivity contribution in [1.29, 1.82) is 0 Å². The fourth-order valence-corrected chi connectivity index (χ4v) is 2.48. The van der Waals surface area contributed by atoms with Crippen LogP contribution in [0.4, 0.5) is 0 Å². The molecule has 2 rings (SSSR count). The Morgan fingerprint density at radius 2 is 2.05 bits per heavy atom. The maximum Gasteiger partial charge on any atom is 0.232 e. The molecule has 108 valence electrons. The van der Waals surface area contributed by atoms with E-state index in [4.69, 9.17) is 10.3 Å². The number of rotatable bonds is 2. The fraction of sp³-hybridized carbons (Fsp3) is 0.857. The van der Waals surface area contributed by atoms with Gasteiger partial charge in [-0.1, -0.05) is 32.9 Å². The van der Waals surface area contributed by atoms with Gasteiger partial charge in [-0.25, -0.2) is 0 Å². The number of nitrogens with two attached hydrogens (primary N) is 1. The van der Waals surface area contributed by atoms with E-state index in [1.807, 2.05) is 0 Å². The van der Waals surface area contributed by atoms with Gasteiger partial charge in [0.1, 0.15) is 0 Å². The fourth-order valence-electron chi connectivity index (χ4n) is 2.48. The zero-order valence-electron chi connectivity index (χ0n) is 12.6. The lowest BCUT2D eigenvalue weighted by Gasteiger charge is -2.24. The van der Waals surface area contributed by atoms with E-state index in [2.05, 4.69) is 42.7 Å². The van der Waals surface area contributed by atoms with Crippen LogP contribution in [-0.4, -0.2) is 34.7 Å². The Kier molecular flexibility index (Phi) is 3.97. The van der Waals surface area contributed by atoms with Gasteiger partial charge in [-0.05, 0) is 32.4 Å². The second kappa shape index (κ2) is 5.21.